The molecule has 0 spiro atoms. The van der Waals surface area contributed by atoms with Gasteiger partial charge in [-0.3, -0.25) is 4.79 Å². The maximum atomic E-state index is 10.7. The minimum atomic E-state index is -0.908. The smallest absolute Gasteiger partial charge is 0.309 e. The van der Waals surface area contributed by atoms with Crippen molar-refractivity contribution < 1.29 is 14.6 Å². The first-order chi connectivity index (χ1) is 7.61. The van der Waals surface area contributed by atoms with Gasteiger partial charge in [0.15, 0.2) is 5.65 Å². The largest absolute Gasteiger partial charge is 0.481 e. The molecule has 0 aliphatic heterocycles. The first-order valence-electron chi connectivity index (χ1n) is 4.73. The lowest BCUT2D eigenvalue weighted by atomic mass is 10.3. The van der Waals surface area contributed by atoms with Crippen LogP contribution < -0.4 is 4.74 Å². The number of rotatable bonds is 3. The summed E-state index contributed by atoms with van der Waals surface area (Å²) in [4.78, 5) is 14.9. The number of hydrogen-bond donors (Lipinski definition) is 1. The number of carbonyl (C=O) groups is 1. The molecule has 0 fully saturated rings. The molecular formula is C10H11N3O3. The van der Waals surface area contributed by atoms with Crippen molar-refractivity contribution >= 4 is 11.6 Å². The highest BCUT2D eigenvalue weighted by Gasteiger charge is 2.13. The van der Waals surface area contributed by atoms with Crippen molar-refractivity contribution in [2.45, 2.75) is 13.3 Å². The highest BCUT2D eigenvalue weighted by atomic mass is 16.5. The van der Waals surface area contributed by atoms with Gasteiger partial charge in [-0.1, -0.05) is 0 Å². The van der Waals surface area contributed by atoms with Crippen LogP contribution in [-0.4, -0.2) is 32.8 Å². The lowest BCUT2D eigenvalue weighted by molar-refractivity contribution is -0.136. The van der Waals surface area contributed by atoms with Crippen LogP contribution in [0.1, 0.15) is 11.4 Å². The van der Waals surface area contributed by atoms with Crippen LogP contribution >= 0.6 is 0 Å². The molecule has 2 aromatic heterocycles. The highest BCUT2D eigenvalue weighted by molar-refractivity contribution is 5.70. The molecule has 0 radical (unpaired) electrons. The van der Waals surface area contributed by atoms with Crippen molar-refractivity contribution in [2.24, 2.45) is 0 Å². The number of nitrogens with zero attached hydrogens (tertiary/aromatic N) is 3. The average molecular weight is 221 g/mol. The zero-order valence-corrected chi connectivity index (χ0v) is 8.97. The zero-order valence-electron chi connectivity index (χ0n) is 8.97. The molecule has 0 atom stereocenters. The van der Waals surface area contributed by atoms with Crippen molar-refractivity contribution in [1.29, 1.82) is 0 Å². The van der Waals surface area contributed by atoms with E-state index in [0.717, 1.165) is 0 Å². The Morgan fingerprint density at radius 2 is 2.31 bits per heavy atom. The summed E-state index contributed by atoms with van der Waals surface area (Å²) in [5, 5.41) is 12.9. The third-order valence-corrected chi connectivity index (χ3v) is 2.27. The molecule has 0 aliphatic carbocycles. The van der Waals surface area contributed by atoms with E-state index in [-0.39, 0.29) is 6.42 Å². The monoisotopic (exact) mass is 221 g/mol. The van der Waals surface area contributed by atoms with E-state index in [9.17, 15) is 4.79 Å². The topological polar surface area (TPSA) is 76.7 Å². The summed E-state index contributed by atoms with van der Waals surface area (Å²) in [6.07, 6.45) is -0.104. The van der Waals surface area contributed by atoms with Gasteiger partial charge in [0.2, 0.25) is 5.88 Å². The van der Waals surface area contributed by atoms with E-state index in [1.165, 1.54) is 11.6 Å². The molecule has 2 aromatic rings. The summed E-state index contributed by atoms with van der Waals surface area (Å²) < 4.78 is 6.49. The van der Waals surface area contributed by atoms with E-state index in [0.29, 0.717) is 22.9 Å². The maximum absolute atomic E-state index is 10.7. The number of ether oxygens (including phenoxy) is 1. The Kier molecular flexibility index (Phi) is 2.47. The van der Waals surface area contributed by atoms with Crippen molar-refractivity contribution in [2.75, 3.05) is 7.11 Å². The molecule has 0 saturated heterocycles. The van der Waals surface area contributed by atoms with Crippen LogP contribution in [0.4, 0.5) is 0 Å². The molecule has 0 bridgehead atoms. The molecule has 0 aliphatic rings. The molecule has 1 N–H and O–H groups in total. The van der Waals surface area contributed by atoms with Gasteiger partial charge >= 0.3 is 5.97 Å². The minimum absolute atomic E-state index is 0.104. The van der Waals surface area contributed by atoms with Gasteiger partial charge in [0.25, 0.3) is 0 Å². The number of hydrogen-bond acceptors (Lipinski definition) is 4. The maximum Gasteiger partial charge on any atom is 0.309 e. The lowest BCUT2D eigenvalue weighted by Crippen LogP contribution is -2.07. The molecule has 84 valence electrons. The van der Waals surface area contributed by atoms with E-state index in [2.05, 4.69) is 10.1 Å². The van der Waals surface area contributed by atoms with E-state index < -0.39 is 5.97 Å². The Labute approximate surface area is 91.5 Å². The van der Waals surface area contributed by atoms with Gasteiger partial charge in [-0.25, -0.2) is 9.50 Å². The van der Waals surface area contributed by atoms with Crippen LogP contribution in [0, 0.1) is 6.92 Å². The van der Waals surface area contributed by atoms with E-state index >= 15 is 0 Å². The Balaban J connectivity index is 2.61. The second-order valence-electron chi connectivity index (χ2n) is 3.36. The van der Waals surface area contributed by atoms with Crippen LogP contribution in [0.15, 0.2) is 12.1 Å². The molecule has 16 heavy (non-hydrogen) atoms. The van der Waals surface area contributed by atoms with E-state index in [4.69, 9.17) is 9.84 Å². The molecule has 0 unspecified atom stereocenters. The fourth-order valence-electron chi connectivity index (χ4n) is 1.53. The molecule has 0 saturated carbocycles. The summed E-state index contributed by atoms with van der Waals surface area (Å²) >= 11 is 0. The van der Waals surface area contributed by atoms with Crippen LogP contribution in [0.25, 0.3) is 5.65 Å². The quantitative estimate of drug-likeness (QED) is 0.824. The van der Waals surface area contributed by atoms with Crippen molar-refractivity contribution in [1.82, 2.24) is 14.6 Å². The Bertz CT molecular complexity index is 547. The highest BCUT2D eigenvalue weighted by Crippen LogP contribution is 2.14. The Morgan fingerprint density at radius 1 is 1.56 bits per heavy atom. The second kappa shape index (κ2) is 3.80. The Hall–Kier alpha value is -2.11. The van der Waals surface area contributed by atoms with E-state index in [1.807, 2.05) is 0 Å². The predicted octanol–water partition coefficient (Wildman–Crippen LogP) is 0.673. The van der Waals surface area contributed by atoms with Crippen LogP contribution in [0.3, 0.4) is 0 Å². The van der Waals surface area contributed by atoms with Crippen molar-refractivity contribution in [3.63, 3.8) is 0 Å². The number of carboxylic acid groups (broad SMARTS) is 1. The first-order valence-corrected chi connectivity index (χ1v) is 4.73. The summed E-state index contributed by atoms with van der Waals surface area (Å²) in [6, 6.07) is 3.43. The van der Waals surface area contributed by atoms with Gasteiger partial charge in [0.1, 0.15) is 0 Å². The predicted molar refractivity (Wildman–Crippen MR) is 55.6 cm³/mol. The molecule has 0 aromatic carbocycles. The van der Waals surface area contributed by atoms with Gasteiger partial charge in [-0.15, -0.1) is 5.10 Å². The fourth-order valence-corrected chi connectivity index (χ4v) is 1.53. The number of fused-ring (bicyclic) bond motifs is 1. The summed E-state index contributed by atoms with van der Waals surface area (Å²) in [7, 11) is 1.51. The number of methoxy groups -OCH3 is 1. The van der Waals surface area contributed by atoms with E-state index in [1.54, 1.807) is 19.1 Å². The standard InChI is InChI=1S/C10H11N3O3/c1-6-7(5-10(14)15)13-8(11-6)3-4-9(12-13)16-2/h3-4H,5H2,1-2H3,(H,14,15). The van der Waals surface area contributed by atoms with Crippen LogP contribution in [-0.2, 0) is 11.2 Å². The number of carboxylic acids is 1. The molecule has 0 amide bonds. The number of aliphatic carboxylic acids is 1. The molecule has 2 heterocycles. The Morgan fingerprint density at radius 3 is 2.94 bits per heavy atom. The third kappa shape index (κ3) is 1.69. The van der Waals surface area contributed by atoms with Gasteiger partial charge in [-0.2, -0.15) is 0 Å². The fraction of sp³-hybridized carbons (Fsp3) is 0.300. The third-order valence-electron chi connectivity index (χ3n) is 2.27. The normalized spacial score (nSPS) is 10.6. The zero-order chi connectivity index (χ0) is 11.7. The molecule has 6 heteroatoms. The number of aromatic nitrogens is 3. The van der Waals surface area contributed by atoms with Crippen molar-refractivity contribution in [3.8, 4) is 5.88 Å². The number of imidazole rings is 1. The lowest BCUT2D eigenvalue weighted by Gasteiger charge is -2.01. The van der Waals surface area contributed by atoms with Crippen LogP contribution in [0.2, 0.25) is 0 Å². The second-order valence-corrected chi connectivity index (χ2v) is 3.36. The van der Waals surface area contributed by atoms with Crippen molar-refractivity contribution in [3.05, 3.63) is 23.5 Å². The van der Waals surface area contributed by atoms with Gasteiger partial charge < -0.3 is 9.84 Å². The first kappa shape index (κ1) is 10.4. The van der Waals surface area contributed by atoms with Gasteiger partial charge in [0.05, 0.1) is 24.9 Å². The van der Waals surface area contributed by atoms with Crippen LogP contribution in [0.5, 0.6) is 5.88 Å². The molecular weight excluding hydrogens is 210 g/mol. The SMILES string of the molecule is COc1ccc2nc(C)c(CC(=O)O)n2n1. The minimum Gasteiger partial charge on any atom is -0.481 e. The molecule has 6 nitrogen and oxygen atoms in total. The summed E-state index contributed by atoms with van der Waals surface area (Å²) in [5.74, 6) is -0.481. The molecule has 2 rings (SSSR count). The summed E-state index contributed by atoms with van der Waals surface area (Å²) in [6.45, 7) is 1.76. The number of aryl methyl sites for hydroxylation is 1. The van der Waals surface area contributed by atoms with Gasteiger partial charge in [0, 0.05) is 6.07 Å². The summed E-state index contributed by atoms with van der Waals surface area (Å²) in [5.41, 5.74) is 1.86. The van der Waals surface area contributed by atoms with Gasteiger partial charge in [-0.05, 0) is 13.0 Å². The average Bonchev–Trinajstić information content (AvgIpc) is 2.54.